The van der Waals surface area contributed by atoms with Gasteiger partial charge in [0, 0.05) is 30.8 Å². The summed E-state index contributed by atoms with van der Waals surface area (Å²) in [5.41, 5.74) is 1.66. The van der Waals surface area contributed by atoms with E-state index in [1.165, 1.54) is 6.42 Å². The maximum atomic E-state index is 12.1. The molecule has 2 fully saturated rings. The molecule has 0 aromatic heterocycles. The second-order valence-electron chi connectivity index (χ2n) is 6.50. The SMILES string of the molecule is O=C(CCC1CCNC1)Nc1cccc(N2CCCCC2=O)c1. The quantitative estimate of drug-likeness (QED) is 0.878. The van der Waals surface area contributed by atoms with Crippen molar-refractivity contribution in [1.82, 2.24) is 5.32 Å². The van der Waals surface area contributed by atoms with Crippen LogP contribution in [-0.4, -0.2) is 31.4 Å². The van der Waals surface area contributed by atoms with Crippen LogP contribution in [0.5, 0.6) is 0 Å². The number of hydrogen-bond donors (Lipinski definition) is 2. The minimum absolute atomic E-state index is 0.0546. The Morgan fingerprint density at radius 2 is 2.26 bits per heavy atom. The normalized spacial score (nSPS) is 21.5. The van der Waals surface area contributed by atoms with E-state index in [1.807, 2.05) is 29.2 Å². The molecule has 0 bridgehead atoms. The first-order valence-corrected chi connectivity index (χ1v) is 8.63. The van der Waals surface area contributed by atoms with Crippen LogP contribution in [0.2, 0.25) is 0 Å². The maximum Gasteiger partial charge on any atom is 0.226 e. The maximum absolute atomic E-state index is 12.1. The molecular weight excluding hydrogens is 290 g/mol. The molecule has 5 heteroatoms. The fourth-order valence-corrected chi connectivity index (χ4v) is 3.35. The Hall–Kier alpha value is -1.88. The lowest BCUT2D eigenvalue weighted by Gasteiger charge is -2.27. The summed E-state index contributed by atoms with van der Waals surface area (Å²) in [6, 6.07) is 7.61. The topological polar surface area (TPSA) is 61.4 Å². The molecule has 0 spiro atoms. The van der Waals surface area contributed by atoms with Crippen molar-refractivity contribution in [3.63, 3.8) is 0 Å². The van der Waals surface area contributed by atoms with Gasteiger partial charge in [0.05, 0.1) is 0 Å². The first-order chi connectivity index (χ1) is 11.2. The molecule has 2 saturated heterocycles. The summed E-state index contributed by atoms with van der Waals surface area (Å²) in [6.07, 6.45) is 5.29. The number of carbonyl (C=O) groups excluding carboxylic acids is 2. The van der Waals surface area contributed by atoms with E-state index in [0.717, 1.165) is 50.3 Å². The van der Waals surface area contributed by atoms with Crippen molar-refractivity contribution in [1.29, 1.82) is 0 Å². The Labute approximate surface area is 137 Å². The van der Waals surface area contributed by atoms with Gasteiger partial charge in [-0.05, 0) is 62.9 Å². The number of anilines is 2. The molecule has 1 aromatic rings. The zero-order chi connectivity index (χ0) is 16.1. The molecule has 1 aromatic carbocycles. The van der Waals surface area contributed by atoms with Gasteiger partial charge < -0.3 is 15.5 Å². The van der Waals surface area contributed by atoms with E-state index < -0.39 is 0 Å². The fraction of sp³-hybridized carbons (Fsp3) is 0.556. The second kappa shape index (κ2) is 7.59. The summed E-state index contributed by atoms with van der Waals surface area (Å²) < 4.78 is 0. The number of piperidine rings is 1. The highest BCUT2D eigenvalue weighted by molar-refractivity contribution is 5.96. The van der Waals surface area contributed by atoms with E-state index in [2.05, 4.69) is 10.6 Å². The van der Waals surface area contributed by atoms with Crippen LogP contribution in [0, 0.1) is 5.92 Å². The predicted octanol–water partition coefficient (Wildman–Crippen LogP) is 2.53. The van der Waals surface area contributed by atoms with Gasteiger partial charge in [0.15, 0.2) is 0 Å². The lowest BCUT2D eigenvalue weighted by atomic mass is 10.0. The third kappa shape index (κ3) is 4.32. The number of benzene rings is 1. The number of nitrogens with one attached hydrogen (secondary N) is 2. The van der Waals surface area contributed by atoms with Gasteiger partial charge in [-0.25, -0.2) is 0 Å². The number of rotatable bonds is 5. The number of amides is 2. The van der Waals surface area contributed by atoms with E-state index in [-0.39, 0.29) is 11.8 Å². The minimum Gasteiger partial charge on any atom is -0.326 e. The largest absolute Gasteiger partial charge is 0.326 e. The molecule has 2 amide bonds. The molecule has 2 heterocycles. The summed E-state index contributed by atoms with van der Waals surface area (Å²) >= 11 is 0. The van der Waals surface area contributed by atoms with E-state index in [4.69, 9.17) is 0 Å². The number of hydrogen-bond acceptors (Lipinski definition) is 3. The summed E-state index contributed by atoms with van der Waals surface area (Å²) in [5.74, 6) is 0.852. The van der Waals surface area contributed by atoms with Crippen LogP contribution < -0.4 is 15.5 Å². The highest BCUT2D eigenvalue weighted by Crippen LogP contribution is 2.24. The summed E-state index contributed by atoms with van der Waals surface area (Å²) in [7, 11) is 0. The van der Waals surface area contributed by atoms with Gasteiger partial charge in [0.2, 0.25) is 11.8 Å². The van der Waals surface area contributed by atoms with Crippen LogP contribution in [0.4, 0.5) is 11.4 Å². The molecule has 5 nitrogen and oxygen atoms in total. The average molecular weight is 315 g/mol. The monoisotopic (exact) mass is 315 g/mol. The van der Waals surface area contributed by atoms with Gasteiger partial charge in [-0.15, -0.1) is 0 Å². The van der Waals surface area contributed by atoms with E-state index in [1.54, 1.807) is 0 Å². The van der Waals surface area contributed by atoms with Crippen molar-refractivity contribution in [3.05, 3.63) is 24.3 Å². The van der Waals surface area contributed by atoms with Crippen molar-refractivity contribution in [2.75, 3.05) is 29.9 Å². The summed E-state index contributed by atoms with van der Waals surface area (Å²) in [4.78, 5) is 25.9. The summed E-state index contributed by atoms with van der Waals surface area (Å²) in [5, 5.41) is 6.29. The Bertz CT molecular complexity index is 567. The van der Waals surface area contributed by atoms with Crippen LogP contribution in [0.1, 0.15) is 38.5 Å². The van der Waals surface area contributed by atoms with Gasteiger partial charge in [-0.3, -0.25) is 9.59 Å². The van der Waals surface area contributed by atoms with Gasteiger partial charge in [-0.2, -0.15) is 0 Å². The molecule has 124 valence electrons. The molecule has 2 N–H and O–H groups in total. The average Bonchev–Trinajstić information content (AvgIpc) is 3.07. The zero-order valence-corrected chi connectivity index (χ0v) is 13.5. The lowest BCUT2D eigenvalue weighted by Crippen LogP contribution is -2.35. The van der Waals surface area contributed by atoms with E-state index in [0.29, 0.717) is 18.8 Å². The fourth-order valence-electron chi connectivity index (χ4n) is 3.35. The lowest BCUT2D eigenvalue weighted by molar-refractivity contribution is -0.119. The van der Waals surface area contributed by atoms with Crippen LogP contribution in [-0.2, 0) is 9.59 Å². The van der Waals surface area contributed by atoms with Crippen molar-refractivity contribution >= 4 is 23.2 Å². The van der Waals surface area contributed by atoms with E-state index in [9.17, 15) is 9.59 Å². The van der Waals surface area contributed by atoms with Crippen molar-refractivity contribution in [2.45, 2.75) is 38.5 Å². The predicted molar refractivity (Wildman–Crippen MR) is 91.5 cm³/mol. The van der Waals surface area contributed by atoms with Crippen LogP contribution in [0.25, 0.3) is 0 Å². The molecule has 0 radical (unpaired) electrons. The number of nitrogens with zero attached hydrogens (tertiary/aromatic N) is 1. The molecule has 0 aliphatic carbocycles. The molecule has 23 heavy (non-hydrogen) atoms. The van der Waals surface area contributed by atoms with Crippen LogP contribution in [0.15, 0.2) is 24.3 Å². The Morgan fingerprint density at radius 1 is 1.35 bits per heavy atom. The molecular formula is C18H25N3O2. The summed E-state index contributed by atoms with van der Waals surface area (Å²) in [6.45, 7) is 2.86. The second-order valence-corrected chi connectivity index (χ2v) is 6.50. The first-order valence-electron chi connectivity index (χ1n) is 8.63. The molecule has 2 aliphatic heterocycles. The highest BCUT2D eigenvalue weighted by atomic mass is 16.2. The smallest absolute Gasteiger partial charge is 0.226 e. The Morgan fingerprint density at radius 3 is 3.04 bits per heavy atom. The standard InChI is InChI=1S/C18H25N3O2/c22-17(8-7-14-9-10-19-13-14)20-15-4-3-5-16(12-15)21-11-2-1-6-18(21)23/h3-5,12,14,19H,1-2,6-11,13H2,(H,20,22). The Kier molecular flexibility index (Phi) is 5.28. The van der Waals surface area contributed by atoms with Crippen LogP contribution in [0.3, 0.4) is 0 Å². The van der Waals surface area contributed by atoms with Crippen molar-refractivity contribution < 1.29 is 9.59 Å². The van der Waals surface area contributed by atoms with Gasteiger partial charge in [-0.1, -0.05) is 6.07 Å². The molecule has 0 saturated carbocycles. The van der Waals surface area contributed by atoms with Crippen LogP contribution >= 0.6 is 0 Å². The molecule has 3 rings (SSSR count). The van der Waals surface area contributed by atoms with Gasteiger partial charge in [0.1, 0.15) is 0 Å². The molecule has 2 aliphatic rings. The third-order valence-corrected chi connectivity index (χ3v) is 4.71. The first kappa shape index (κ1) is 16.0. The molecule has 1 atom stereocenters. The third-order valence-electron chi connectivity index (χ3n) is 4.71. The molecule has 1 unspecified atom stereocenters. The zero-order valence-electron chi connectivity index (χ0n) is 13.5. The van der Waals surface area contributed by atoms with Gasteiger partial charge in [0.25, 0.3) is 0 Å². The van der Waals surface area contributed by atoms with E-state index >= 15 is 0 Å². The minimum atomic E-state index is 0.0546. The Balaban J connectivity index is 1.56. The van der Waals surface area contributed by atoms with Crippen molar-refractivity contribution in [3.8, 4) is 0 Å². The highest BCUT2D eigenvalue weighted by Gasteiger charge is 2.20. The van der Waals surface area contributed by atoms with Gasteiger partial charge >= 0.3 is 0 Å². The van der Waals surface area contributed by atoms with Crippen molar-refractivity contribution in [2.24, 2.45) is 5.92 Å². The number of carbonyl (C=O) groups is 2.